The van der Waals surface area contributed by atoms with Crippen molar-refractivity contribution in [2.45, 2.75) is 118 Å². The van der Waals surface area contributed by atoms with E-state index in [4.69, 9.17) is 37.6 Å². The van der Waals surface area contributed by atoms with Crippen LogP contribution in [0.15, 0.2) is 24.3 Å². The molecular formula is C41H64Cl2N8O8. The zero-order valence-electron chi connectivity index (χ0n) is 36.4. The fraction of sp³-hybridized carbons (Fsp3) is 0.659. The van der Waals surface area contributed by atoms with Crippen LogP contribution >= 0.6 is 23.4 Å². The molecule has 0 spiro atoms. The molecule has 2 aromatic rings. The molecule has 1 aromatic heterocycles. The van der Waals surface area contributed by atoms with Gasteiger partial charge in [0.15, 0.2) is 5.69 Å². The number of nitrogens with zero attached hydrogens (tertiary/aromatic N) is 6. The van der Waals surface area contributed by atoms with Crippen molar-refractivity contribution in [1.82, 2.24) is 39.8 Å². The highest BCUT2D eigenvalue weighted by molar-refractivity contribution is 6.30. The van der Waals surface area contributed by atoms with Crippen molar-refractivity contribution < 1.29 is 38.2 Å². The van der Waals surface area contributed by atoms with Crippen molar-refractivity contribution in [3.05, 3.63) is 40.5 Å². The lowest BCUT2D eigenvalue weighted by Crippen LogP contribution is -2.54. The summed E-state index contributed by atoms with van der Waals surface area (Å²) < 4.78 is 17.5. The maximum Gasteiger partial charge on any atom is 0.410 e. The molecule has 3 rings (SSSR count). The molecule has 5 amide bonds. The van der Waals surface area contributed by atoms with Gasteiger partial charge in [0.2, 0.25) is 5.91 Å². The van der Waals surface area contributed by atoms with Crippen molar-refractivity contribution in [3.8, 4) is 11.3 Å². The number of nitrogens with one attached hydrogen (secondary N) is 2. The number of carbonyl (C=O) groups is 5. The van der Waals surface area contributed by atoms with Crippen LogP contribution in [0.4, 0.5) is 14.4 Å². The van der Waals surface area contributed by atoms with Gasteiger partial charge in [-0.05, 0) is 107 Å². The molecule has 1 aromatic carbocycles. The third kappa shape index (κ3) is 17.1. The van der Waals surface area contributed by atoms with E-state index in [1.165, 1.54) is 9.91 Å². The van der Waals surface area contributed by atoms with Crippen molar-refractivity contribution in [3.63, 3.8) is 0 Å². The number of hydrazine groups is 1. The highest BCUT2D eigenvalue weighted by Gasteiger charge is 2.33. The number of hydrogen-bond acceptors (Lipinski definition) is 10. The fourth-order valence-electron chi connectivity index (χ4n) is 6.14. The minimum Gasteiger partial charge on any atom is -0.444 e. The summed E-state index contributed by atoms with van der Waals surface area (Å²) in [4.78, 5) is 70.1. The van der Waals surface area contributed by atoms with E-state index in [1.807, 2.05) is 5.01 Å². The SMILES string of the molecule is Cc1c(C(=O)N(CC(=O)N(CCCNC(=O)OC(C)(C)C)CCN(CCCNC(=O)OC(C)(C)C)C(=O)OC(C)(C)C)N2CCCCC2)nn(Cl)c1-c1ccc(Cl)cc1. The lowest BCUT2D eigenvalue weighted by molar-refractivity contribution is -0.136. The van der Waals surface area contributed by atoms with Gasteiger partial charge in [-0.2, -0.15) is 9.30 Å². The average molecular weight is 868 g/mol. The topological polar surface area (TPSA) is 168 Å². The van der Waals surface area contributed by atoms with Crippen LogP contribution in [0.5, 0.6) is 0 Å². The number of rotatable bonds is 16. The van der Waals surface area contributed by atoms with Gasteiger partial charge in [0, 0.05) is 80.3 Å². The highest BCUT2D eigenvalue weighted by atomic mass is 35.5. The lowest BCUT2D eigenvalue weighted by atomic mass is 10.1. The van der Waals surface area contributed by atoms with Crippen molar-refractivity contribution in [1.29, 1.82) is 0 Å². The Labute approximate surface area is 359 Å². The summed E-state index contributed by atoms with van der Waals surface area (Å²) in [5, 5.41) is 13.7. The van der Waals surface area contributed by atoms with Crippen LogP contribution in [0, 0.1) is 6.92 Å². The Bertz CT molecular complexity index is 1730. The number of piperidine rings is 1. The van der Waals surface area contributed by atoms with Crippen molar-refractivity contribution >= 4 is 53.5 Å². The number of ether oxygens (including phenoxy) is 3. The molecule has 1 fully saturated rings. The fourth-order valence-corrected chi connectivity index (χ4v) is 6.57. The molecule has 59 heavy (non-hydrogen) atoms. The predicted octanol–water partition coefficient (Wildman–Crippen LogP) is 7.25. The molecule has 0 bridgehead atoms. The van der Waals surface area contributed by atoms with Gasteiger partial charge in [-0.1, -0.05) is 30.2 Å². The first-order chi connectivity index (χ1) is 27.4. The largest absolute Gasteiger partial charge is 0.444 e. The Hall–Kier alpha value is -4.28. The molecule has 1 saturated heterocycles. The van der Waals surface area contributed by atoms with Gasteiger partial charge < -0.3 is 34.6 Å². The molecule has 0 radical (unpaired) electrons. The van der Waals surface area contributed by atoms with E-state index in [2.05, 4.69) is 15.7 Å². The quantitative estimate of drug-likeness (QED) is 0.130. The van der Waals surface area contributed by atoms with Crippen LogP contribution in [0.1, 0.15) is 110 Å². The number of benzene rings is 1. The monoisotopic (exact) mass is 866 g/mol. The second-order valence-corrected chi connectivity index (χ2v) is 18.2. The molecule has 0 atom stereocenters. The Morgan fingerprint density at radius 1 is 0.729 bits per heavy atom. The van der Waals surface area contributed by atoms with E-state index >= 15 is 0 Å². The molecule has 0 unspecified atom stereocenters. The minimum absolute atomic E-state index is 0.0854. The molecule has 0 saturated carbocycles. The maximum absolute atomic E-state index is 14.5. The standard InChI is InChI=1S/C41H64Cl2N8O8/c1-29-33(46-51(43)34(29)30-16-18-31(42)19-17-30)35(53)50(49-24-12-11-13-25-49)28-32(52)47(22-14-20-44-36(54)57-39(2,3)4)26-27-48(38(56)59-41(8,9)10)23-15-21-45-37(55)58-40(5,6)7/h16-19H,11-15,20-28H2,1-10H3,(H,44,54)(H,45,55). The molecule has 2 N–H and O–H groups in total. The van der Waals surface area contributed by atoms with Crippen LogP contribution in [0.3, 0.4) is 0 Å². The van der Waals surface area contributed by atoms with Gasteiger partial charge in [0.05, 0.1) is 5.69 Å². The summed E-state index contributed by atoms with van der Waals surface area (Å²) in [5.74, 6) is -0.857. The van der Waals surface area contributed by atoms with Gasteiger partial charge in [0.1, 0.15) is 23.3 Å². The Morgan fingerprint density at radius 2 is 1.22 bits per heavy atom. The molecule has 1 aliphatic heterocycles. The first-order valence-corrected chi connectivity index (χ1v) is 20.9. The van der Waals surface area contributed by atoms with Crippen molar-refractivity contribution in [2.24, 2.45) is 0 Å². The average Bonchev–Trinajstić information content (AvgIpc) is 3.41. The number of hydrogen-bond donors (Lipinski definition) is 2. The normalized spacial score (nSPS) is 13.6. The smallest absolute Gasteiger partial charge is 0.410 e. The zero-order chi connectivity index (χ0) is 44.1. The number of aromatic nitrogens is 2. The summed E-state index contributed by atoms with van der Waals surface area (Å²) >= 11 is 12.7. The lowest BCUT2D eigenvalue weighted by Gasteiger charge is -2.38. The first kappa shape index (κ1) is 49.1. The van der Waals surface area contributed by atoms with Gasteiger partial charge in [0.25, 0.3) is 5.91 Å². The summed E-state index contributed by atoms with van der Waals surface area (Å²) in [6.07, 6.45) is 1.67. The van der Waals surface area contributed by atoms with Gasteiger partial charge in [-0.25, -0.2) is 19.4 Å². The zero-order valence-corrected chi connectivity index (χ0v) is 37.9. The molecule has 2 heterocycles. The van der Waals surface area contributed by atoms with E-state index in [0.717, 1.165) is 29.0 Å². The Kier molecular flexibility index (Phi) is 18.2. The molecule has 16 nitrogen and oxygen atoms in total. The second-order valence-electron chi connectivity index (χ2n) is 17.5. The maximum atomic E-state index is 14.5. The van der Waals surface area contributed by atoms with E-state index in [9.17, 15) is 24.0 Å². The van der Waals surface area contributed by atoms with Crippen LogP contribution in [0.25, 0.3) is 11.3 Å². The van der Waals surface area contributed by atoms with Crippen LogP contribution in [-0.2, 0) is 19.0 Å². The minimum atomic E-state index is -0.788. The highest BCUT2D eigenvalue weighted by Crippen LogP contribution is 2.29. The first-order valence-electron chi connectivity index (χ1n) is 20.2. The van der Waals surface area contributed by atoms with E-state index < -0.39 is 41.0 Å². The second kappa shape index (κ2) is 21.8. The van der Waals surface area contributed by atoms with Gasteiger partial charge in [-0.3, -0.25) is 14.6 Å². The number of alkyl carbamates (subject to hydrolysis) is 2. The summed E-state index contributed by atoms with van der Waals surface area (Å²) in [7, 11) is 0. The Balaban J connectivity index is 1.87. The summed E-state index contributed by atoms with van der Waals surface area (Å²) in [5.41, 5.74) is -0.242. The summed E-state index contributed by atoms with van der Waals surface area (Å²) in [6.45, 7) is 19.5. The predicted molar refractivity (Wildman–Crippen MR) is 227 cm³/mol. The van der Waals surface area contributed by atoms with Crippen molar-refractivity contribution in [2.75, 3.05) is 58.9 Å². The van der Waals surface area contributed by atoms with Crippen LogP contribution in [0.2, 0.25) is 5.02 Å². The van der Waals surface area contributed by atoms with E-state index in [1.54, 1.807) is 98.4 Å². The number of carbonyl (C=O) groups excluding carboxylic acids is 5. The molecule has 18 heteroatoms. The molecule has 330 valence electrons. The third-order valence-electron chi connectivity index (χ3n) is 8.79. The molecule has 1 aliphatic rings. The molecular weight excluding hydrogens is 803 g/mol. The van der Waals surface area contributed by atoms with Crippen LogP contribution < -0.4 is 10.6 Å². The van der Waals surface area contributed by atoms with E-state index in [-0.39, 0.29) is 57.4 Å². The third-order valence-corrected chi connectivity index (χ3v) is 9.28. The Morgan fingerprint density at radius 3 is 1.73 bits per heavy atom. The molecule has 0 aliphatic carbocycles. The number of amides is 5. The summed E-state index contributed by atoms with van der Waals surface area (Å²) in [6, 6.07) is 7.03. The van der Waals surface area contributed by atoms with Crippen LogP contribution in [-0.4, -0.2) is 135 Å². The van der Waals surface area contributed by atoms with Gasteiger partial charge in [-0.15, -0.1) is 0 Å². The van der Waals surface area contributed by atoms with E-state index in [0.29, 0.717) is 42.2 Å². The number of halogens is 2. The van der Waals surface area contributed by atoms with Gasteiger partial charge >= 0.3 is 18.3 Å².